The second-order valence-electron chi connectivity index (χ2n) is 5.52. The molecule has 0 atom stereocenters. The molecule has 132 valence electrons. The van der Waals surface area contributed by atoms with Gasteiger partial charge in [0, 0.05) is 12.8 Å². The summed E-state index contributed by atoms with van der Waals surface area (Å²) in [6, 6.07) is 16.1. The van der Waals surface area contributed by atoms with E-state index in [-0.39, 0.29) is 6.61 Å². The van der Waals surface area contributed by atoms with Gasteiger partial charge >= 0.3 is 6.09 Å². The third kappa shape index (κ3) is 6.81. The fraction of sp³-hybridized carbons (Fsp3) is 0.211. The number of alkyl carbamates (subject to hydrolysis) is 1. The van der Waals surface area contributed by atoms with Gasteiger partial charge < -0.3 is 10.1 Å². The van der Waals surface area contributed by atoms with E-state index in [0.717, 1.165) is 11.1 Å². The van der Waals surface area contributed by atoms with Gasteiger partial charge in [-0.1, -0.05) is 54.6 Å². The second-order valence-corrected chi connectivity index (χ2v) is 7.54. The molecule has 2 aromatic carbocycles. The van der Waals surface area contributed by atoms with Crippen LogP contribution in [-0.2, 0) is 21.2 Å². The maximum Gasteiger partial charge on any atom is 0.407 e. The molecule has 0 spiro atoms. The van der Waals surface area contributed by atoms with Crippen molar-refractivity contribution in [2.24, 2.45) is 0 Å². The molecule has 1 amide bonds. The molecule has 0 unspecified atom stereocenters. The Labute approximate surface area is 148 Å². The molecule has 1 N–H and O–H groups in total. The van der Waals surface area contributed by atoms with Crippen LogP contribution in [0.25, 0.3) is 6.08 Å². The molecule has 2 aromatic rings. The monoisotopic (exact) mass is 359 g/mol. The molecule has 2 rings (SSSR count). The lowest BCUT2D eigenvalue weighted by molar-refractivity contribution is 0.140. The average molecular weight is 359 g/mol. The minimum Gasteiger partial charge on any atom is -0.445 e. The lowest BCUT2D eigenvalue weighted by Crippen LogP contribution is -2.24. The van der Waals surface area contributed by atoms with Crippen LogP contribution in [0.1, 0.15) is 17.5 Å². The van der Waals surface area contributed by atoms with Crippen molar-refractivity contribution < 1.29 is 17.9 Å². The van der Waals surface area contributed by atoms with Crippen molar-refractivity contribution in [2.75, 3.05) is 12.8 Å². The molecule has 6 heteroatoms. The van der Waals surface area contributed by atoms with E-state index >= 15 is 0 Å². The molecule has 0 aromatic heterocycles. The predicted molar refractivity (Wildman–Crippen MR) is 97.8 cm³/mol. The van der Waals surface area contributed by atoms with Gasteiger partial charge in [-0.25, -0.2) is 13.2 Å². The number of benzene rings is 2. The van der Waals surface area contributed by atoms with Crippen LogP contribution in [0.2, 0.25) is 0 Å². The van der Waals surface area contributed by atoms with Crippen LogP contribution in [0.15, 0.2) is 65.6 Å². The van der Waals surface area contributed by atoms with E-state index in [4.69, 9.17) is 4.74 Å². The van der Waals surface area contributed by atoms with Crippen molar-refractivity contribution in [2.45, 2.75) is 17.9 Å². The normalized spacial score (nSPS) is 11.4. The molecule has 0 radical (unpaired) electrons. The van der Waals surface area contributed by atoms with Crippen LogP contribution >= 0.6 is 0 Å². The highest BCUT2D eigenvalue weighted by atomic mass is 32.2. The van der Waals surface area contributed by atoms with Gasteiger partial charge in [-0.3, -0.25) is 0 Å². The fourth-order valence-electron chi connectivity index (χ4n) is 2.08. The molecule has 0 bridgehead atoms. The topological polar surface area (TPSA) is 72.5 Å². The van der Waals surface area contributed by atoms with E-state index < -0.39 is 15.9 Å². The first-order valence-corrected chi connectivity index (χ1v) is 9.75. The van der Waals surface area contributed by atoms with Crippen molar-refractivity contribution >= 4 is 22.0 Å². The van der Waals surface area contributed by atoms with Gasteiger partial charge in [-0.05, 0) is 29.7 Å². The summed E-state index contributed by atoms with van der Waals surface area (Å²) >= 11 is 0. The van der Waals surface area contributed by atoms with Gasteiger partial charge in [-0.15, -0.1) is 0 Å². The highest BCUT2D eigenvalue weighted by Crippen LogP contribution is 2.11. The first-order valence-electron chi connectivity index (χ1n) is 7.86. The zero-order valence-electron chi connectivity index (χ0n) is 14.0. The van der Waals surface area contributed by atoms with Crippen LogP contribution < -0.4 is 5.32 Å². The Morgan fingerprint density at radius 3 is 2.40 bits per heavy atom. The van der Waals surface area contributed by atoms with Crippen molar-refractivity contribution in [1.82, 2.24) is 5.32 Å². The summed E-state index contributed by atoms with van der Waals surface area (Å²) in [6.45, 7) is 0.709. The summed E-state index contributed by atoms with van der Waals surface area (Å²) in [7, 11) is -3.17. The Morgan fingerprint density at radius 2 is 1.76 bits per heavy atom. The van der Waals surface area contributed by atoms with E-state index in [1.165, 1.54) is 6.26 Å². The standard InChI is InChI=1S/C19H21NO4S/c1-25(22,23)18-12-10-16(11-13-18)7-5-6-14-20-19(21)24-15-17-8-3-2-4-9-17/h2-5,7-13H,6,14-15H2,1H3,(H,20,21). The molecule has 0 aliphatic heterocycles. The van der Waals surface area contributed by atoms with Gasteiger partial charge in [0.05, 0.1) is 4.90 Å². The number of sulfone groups is 1. The molecule has 0 aliphatic rings. The van der Waals surface area contributed by atoms with E-state index in [2.05, 4.69) is 5.32 Å². The largest absolute Gasteiger partial charge is 0.445 e. The number of carbonyl (C=O) groups is 1. The molecule has 0 saturated carbocycles. The Hall–Kier alpha value is -2.60. The SMILES string of the molecule is CS(=O)(=O)c1ccc(C=CCCNC(=O)OCc2ccccc2)cc1. The van der Waals surface area contributed by atoms with Gasteiger partial charge in [0.25, 0.3) is 0 Å². The van der Waals surface area contributed by atoms with Crippen LogP contribution in [-0.4, -0.2) is 27.3 Å². The van der Waals surface area contributed by atoms with Crippen molar-refractivity contribution in [3.63, 3.8) is 0 Å². The van der Waals surface area contributed by atoms with Gasteiger partial charge in [0.1, 0.15) is 6.61 Å². The molecule has 25 heavy (non-hydrogen) atoms. The third-order valence-corrected chi connectivity index (χ3v) is 4.54. The Bertz CT molecular complexity index is 812. The molecule has 0 heterocycles. The van der Waals surface area contributed by atoms with Crippen LogP contribution in [0, 0.1) is 0 Å². The molecule has 0 saturated heterocycles. The van der Waals surface area contributed by atoms with Crippen molar-refractivity contribution in [1.29, 1.82) is 0 Å². The zero-order valence-corrected chi connectivity index (χ0v) is 14.8. The third-order valence-electron chi connectivity index (χ3n) is 3.41. The van der Waals surface area contributed by atoms with Gasteiger partial charge in [0.15, 0.2) is 9.84 Å². The summed E-state index contributed by atoms with van der Waals surface area (Å²) in [6.07, 6.45) is 5.17. The Balaban J connectivity index is 1.68. The summed E-state index contributed by atoms with van der Waals surface area (Å²) in [5.41, 5.74) is 1.84. The number of hydrogen-bond donors (Lipinski definition) is 1. The van der Waals surface area contributed by atoms with E-state index in [9.17, 15) is 13.2 Å². The summed E-state index contributed by atoms with van der Waals surface area (Å²) in [5, 5.41) is 2.68. The van der Waals surface area contributed by atoms with Crippen LogP contribution in [0.5, 0.6) is 0 Å². The maximum absolute atomic E-state index is 11.6. The Kier molecular flexibility index (Phi) is 6.77. The van der Waals surface area contributed by atoms with Crippen LogP contribution in [0.3, 0.4) is 0 Å². The highest BCUT2D eigenvalue weighted by molar-refractivity contribution is 7.90. The summed E-state index contributed by atoms with van der Waals surface area (Å²) in [4.78, 5) is 11.9. The first-order chi connectivity index (χ1) is 11.9. The minimum atomic E-state index is -3.17. The van der Waals surface area contributed by atoms with Gasteiger partial charge in [0.2, 0.25) is 0 Å². The lowest BCUT2D eigenvalue weighted by Gasteiger charge is -2.05. The first kappa shape index (κ1) is 18.7. The minimum absolute atomic E-state index is 0.245. The lowest BCUT2D eigenvalue weighted by atomic mass is 10.2. The molecular weight excluding hydrogens is 338 g/mol. The zero-order chi connectivity index (χ0) is 18.1. The van der Waals surface area contributed by atoms with Crippen LogP contribution in [0.4, 0.5) is 4.79 Å². The smallest absolute Gasteiger partial charge is 0.407 e. The molecule has 5 nitrogen and oxygen atoms in total. The van der Waals surface area contributed by atoms with E-state index in [1.807, 2.05) is 42.5 Å². The fourth-order valence-corrected chi connectivity index (χ4v) is 2.71. The molecule has 0 fully saturated rings. The van der Waals surface area contributed by atoms with Gasteiger partial charge in [-0.2, -0.15) is 0 Å². The maximum atomic E-state index is 11.6. The average Bonchev–Trinajstić information content (AvgIpc) is 2.60. The van der Waals surface area contributed by atoms with Crippen molar-refractivity contribution in [3.05, 3.63) is 71.8 Å². The van der Waals surface area contributed by atoms with E-state index in [0.29, 0.717) is 17.9 Å². The quantitative estimate of drug-likeness (QED) is 0.769. The number of ether oxygens (including phenoxy) is 1. The number of rotatable bonds is 7. The number of carbonyl (C=O) groups excluding carboxylic acids is 1. The highest BCUT2D eigenvalue weighted by Gasteiger charge is 2.05. The van der Waals surface area contributed by atoms with E-state index in [1.54, 1.807) is 24.3 Å². The summed E-state index contributed by atoms with van der Waals surface area (Å²) < 4.78 is 27.9. The second kappa shape index (κ2) is 9.03. The number of nitrogens with one attached hydrogen (secondary N) is 1. The van der Waals surface area contributed by atoms with Crippen molar-refractivity contribution in [3.8, 4) is 0 Å². The number of amides is 1. The molecule has 0 aliphatic carbocycles. The summed E-state index contributed by atoms with van der Waals surface area (Å²) in [5.74, 6) is 0. The number of hydrogen-bond acceptors (Lipinski definition) is 4. The molecular formula is C19H21NO4S. The Morgan fingerprint density at radius 1 is 1.08 bits per heavy atom. The predicted octanol–water partition coefficient (Wildman–Crippen LogP) is 3.42.